The van der Waals surface area contributed by atoms with E-state index in [9.17, 15) is 18.7 Å². The maximum Gasteiger partial charge on any atom is 0.275 e. The Bertz CT molecular complexity index is 593. The predicted octanol–water partition coefficient (Wildman–Crippen LogP) is 1.42. The summed E-state index contributed by atoms with van der Waals surface area (Å²) in [5, 5.41) is 10.8. The summed E-state index contributed by atoms with van der Waals surface area (Å²) in [6.45, 7) is 3.05. The highest BCUT2D eigenvalue weighted by Crippen LogP contribution is 2.25. The highest BCUT2D eigenvalue weighted by Gasteiger charge is 2.38. The number of carbonyl (C=O) groups is 1. The standard InChI is InChI=1S/C16H21F2N3O2/c17-12-8-13(18)14(19-9-12)15(22)21-7-3-4-16(23,11-21)10-20-5-1-2-6-20/h8-9,23H,1-7,10-11H2/t16-/m1/s1. The number of likely N-dealkylation sites (tertiary alicyclic amines) is 2. The first-order valence-electron chi connectivity index (χ1n) is 8.02. The molecule has 3 rings (SSSR count). The van der Waals surface area contributed by atoms with Gasteiger partial charge in [-0.2, -0.15) is 0 Å². The molecule has 1 aromatic heterocycles. The summed E-state index contributed by atoms with van der Waals surface area (Å²) in [5.41, 5.74) is -1.37. The molecule has 0 aliphatic carbocycles. The van der Waals surface area contributed by atoms with Gasteiger partial charge in [0, 0.05) is 19.2 Å². The van der Waals surface area contributed by atoms with Gasteiger partial charge in [0.05, 0.1) is 18.3 Å². The van der Waals surface area contributed by atoms with E-state index in [1.165, 1.54) is 4.90 Å². The van der Waals surface area contributed by atoms with Crippen LogP contribution in [0, 0.1) is 11.6 Å². The van der Waals surface area contributed by atoms with E-state index in [-0.39, 0.29) is 6.54 Å². The van der Waals surface area contributed by atoms with Crippen LogP contribution in [-0.2, 0) is 0 Å². The monoisotopic (exact) mass is 325 g/mol. The number of amides is 1. The zero-order chi connectivity index (χ0) is 16.4. The van der Waals surface area contributed by atoms with Gasteiger partial charge in [-0.1, -0.05) is 0 Å². The Labute approximate surface area is 133 Å². The number of β-amino-alcohol motifs (C(OH)–C–C–N with tert-alkyl or cyclic N) is 1. The lowest BCUT2D eigenvalue weighted by molar-refractivity contribution is -0.0433. The molecule has 2 aliphatic rings. The fourth-order valence-corrected chi connectivity index (χ4v) is 3.49. The van der Waals surface area contributed by atoms with Crippen LogP contribution in [0.1, 0.15) is 36.2 Å². The second-order valence-corrected chi connectivity index (χ2v) is 6.52. The number of rotatable bonds is 3. The van der Waals surface area contributed by atoms with Crippen LogP contribution in [0.2, 0.25) is 0 Å². The zero-order valence-electron chi connectivity index (χ0n) is 13.0. The van der Waals surface area contributed by atoms with Crippen molar-refractivity contribution in [3.63, 3.8) is 0 Å². The third-order valence-electron chi connectivity index (χ3n) is 4.57. The maximum absolute atomic E-state index is 13.8. The molecule has 1 atom stereocenters. The van der Waals surface area contributed by atoms with Crippen molar-refractivity contribution in [1.82, 2.24) is 14.8 Å². The number of hydrogen-bond acceptors (Lipinski definition) is 4. The largest absolute Gasteiger partial charge is 0.387 e. The minimum Gasteiger partial charge on any atom is -0.387 e. The molecule has 0 spiro atoms. The van der Waals surface area contributed by atoms with Gasteiger partial charge >= 0.3 is 0 Å². The fraction of sp³-hybridized carbons (Fsp3) is 0.625. The van der Waals surface area contributed by atoms with Crippen molar-refractivity contribution >= 4 is 5.91 Å². The lowest BCUT2D eigenvalue weighted by Gasteiger charge is -2.41. The van der Waals surface area contributed by atoms with E-state index < -0.39 is 28.8 Å². The topological polar surface area (TPSA) is 56.7 Å². The summed E-state index contributed by atoms with van der Waals surface area (Å²) in [4.78, 5) is 19.6. The van der Waals surface area contributed by atoms with Crippen molar-refractivity contribution in [2.24, 2.45) is 0 Å². The fourth-order valence-electron chi connectivity index (χ4n) is 3.49. The average molecular weight is 325 g/mol. The minimum atomic E-state index is -0.977. The van der Waals surface area contributed by atoms with Gasteiger partial charge in [0.25, 0.3) is 5.91 Å². The third-order valence-corrected chi connectivity index (χ3v) is 4.57. The summed E-state index contributed by atoms with van der Waals surface area (Å²) in [6, 6.07) is 0.653. The second kappa shape index (κ2) is 6.49. The molecule has 126 valence electrons. The Morgan fingerprint density at radius 2 is 2.00 bits per heavy atom. The van der Waals surface area contributed by atoms with Gasteiger partial charge in [-0.3, -0.25) is 4.79 Å². The molecular formula is C16H21F2N3O2. The molecule has 0 unspecified atom stereocenters. The molecule has 2 saturated heterocycles. The lowest BCUT2D eigenvalue weighted by Crippen LogP contribution is -2.55. The molecule has 2 fully saturated rings. The molecule has 0 bridgehead atoms. The van der Waals surface area contributed by atoms with Gasteiger partial charge in [0.15, 0.2) is 11.5 Å². The number of nitrogens with zero attached hydrogens (tertiary/aromatic N) is 3. The van der Waals surface area contributed by atoms with E-state index in [1.807, 2.05) is 0 Å². The second-order valence-electron chi connectivity index (χ2n) is 6.52. The molecular weight excluding hydrogens is 304 g/mol. The van der Waals surface area contributed by atoms with Crippen LogP contribution >= 0.6 is 0 Å². The minimum absolute atomic E-state index is 0.154. The lowest BCUT2D eigenvalue weighted by atomic mass is 9.92. The molecule has 7 heteroatoms. The van der Waals surface area contributed by atoms with Crippen molar-refractivity contribution in [3.8, 4) is 0 Å². The quantitative estimate of drug-likeness (QED) is 0.913. The van der Waals surface area contributed by atoms with Crippen LogP contribution in [0.3, 0.4) is 0 Å². The number of aromatic nitrogens is 1. The summed E-state index contributed by atoms with van der Waals surface area (Å²) < 4.78 is 26.7. The molecule has 23 heavy (non-hydrogen) atoms. The summed E-state index contributed by atoms with van der Waals surface area (Å²) in [5.74, 6) is -2.38. The highest BCUT2D eigenvalue weighted by molar-refractivity contribution is 5.92. The van der Waals surface area contributed by atoms with Gasteiger partial charge < -0.3 is 14.9 Å². The number of carbonyl (C=O) groups excluding carboxylic acids is 1. The number of aliphatic hydroxyl groups is 1. The van der Waals surface area contributed by atoms with Gasteiger partial charge in [-0.15, -0.1) is 0 Å². The van der Waals surface area contributed by atoms with Gasteiger partial charge in [0.1, 0.15) is 5.82 Å². The molecule has 3 heterocycles. The van der Waals surface area contributed by atoms with E-state index in [0.29, 0.717) is 32.0 Å². The van der Waals surface area contributed by atoms with Crippen molar-refractivity contribution < 1.29 is 18.7 Å². The Kier molecular flexibility index (Phi) is 4.59. The Morgan fingerprint density at radius 3 is 2.70 bits per heavy atom. The molecule has 5 nitrogen and oxygen atoms in total. The van der Waals surface area contributed by atoms with Crippen LogP contribution in [0.15, 0.2) is 12.3 Å². The Morgan fingerprint density at radius 1 is 1.26 bits per heavy atom. The Balaban J connectivity index is 1.70. The average Bonchev–Trinajstić information content (AvgIpc) is 2.99. The van der Waals surface area contributed by atoms with E-state index in [0.717, 1.165) is 32.1 Å². The van der Waals surface area contributed by atoms with E-state index >= 15 is 0 Å². The molecule has 0 saturated carbocycles. The molecule has 2 aliphatic heterocycles. The van der Waals surface area contributed by atoms with Gasteiger partial charge in [-0.25, -0.2) is 13.8 Å². The molecule has 1 amide bonds. The van der Waals surface area contributed by atoms with Crippen molar-refractivity contribution in [2.45, 2.75) is 31.3 Å². The summed E-state index contributed by atoms with van der Waals surface area (Å²) >= 11 is 0. The number of pyridine rings is 1. The van der Waals surface area contributed by atoms with Crippen LogP contribution in [0.5, 0.6) is 0 Å². The van der Waals surface area contributed by atoms with Crippen LogP contribution in [0.4, 0.5) is 8.78 Å². The summed E-state index contributed by atoms with van der Waals surface area (Å²) in [7, 11) is 0. The van der Waals surface area contributed by atoms with Crippen molar-refractivity contribution in [1.29, 1.82) is 0 Å². The number of halogens is 2. The van der Waals surface area contributed by atoms with Crippen molar-refractivity contribution in [2.75, 3.05) is 32.7 Å². The highest BCUT2D eigenvalue weighted by atomic mass is 19.1. The third kappa shape index (κ3) is 3.67. The number of hydrogen-bond donors (Lipinski definition) is 1. The van der Waals surface area contributed by atoms with E-state index in [4.69, 9.17) is 0 Å². The SMILES string of the molecule is O=C(c1ncc(F)cc1F)N1CCC[C@@](O)(CN2CCCC2)C1. The normalized spacial score (nSPS) is 25.8. The smallest absolute Gasteiger partial charge is 0.275 e. The van der Waals surface area contributed by atoms with Crippen LogP contribution < -0.4 is 0 Å². The summed E-state index contributed by atoms with van der Waals surface area (Å²) in [6.07, 6.45) is 4.36. The van der Waals surface area contributed by atoms with Gasteiger partial charge in [0.2, 0.25) is 0 Å². The van der Waals surface area contributed by atoms with Gasteiger partial charge in [-0.05, 0) is 38.8 Å². The Hall–Kier alpha value is -1.60. The molecule has 1 N–H and O–H groups in total. The maximum atomic E-state index is 13.8. The first kappa shape index (κ1) is 16.3. The first-order valence-corrected chi connectivity index (χ1v) is 8.02. The number of piperidine rings is 1. The molecule has 0 aromatic carbocycles. The molecule has 0 radical (unpaired) electrons. The van der Waals surface area contributed by atoms with E-state index in [2.05, 4.69) is 9.88 Å². The van der Waals surface area contributed by atoms with Crippen LogP contribution in [-0.4, -0.2) is 64.1 Å². The van der Waals surface area contributed by atoms with E-state index in [1.54, 1.807) is 0 Å². The van der Waals surface area contributed by atoms with Crippen molar-refractivity contribution in [3.05, 3.63) is 29.6 Å². The first-order chi connectivity index (χ1) is 11.0. The molecule has 1 aromatic rings. The zero-order valence-corrected chi connectivity index (χ0v) is 13.0. The predicted molar refractivity (Wildman–Crippen MR) is 79.9 cm³/mol. The van der Waals surface area contributed by atoms with Crippen LogP contribution in [0.25, 0.3) is 0 Å².